The fraction of sp³-hybridized carbons (Fsp3) is 0.379. The number of hydrogen-bond acceptors (Lipinski definition) is 10. The summed E-state index contributed by atoms with van der Waals surface area (Å²) in [5.41, 5.74) is 19.5. The summed E-state index contributed by atoms with van der Waals surface area (Å²) < 4.78 is 22.5. The predicted molar refractivity (Wildman–Crippen MR) is 176 cm³/mol. The second-order valence-electron chi connectivity index (χ2n) is 9.87. The molecule has 43 heavy (non-hydrogen) atoms. The lowest BCUT2D eigenvalue weighted by Crippen LogP contribution is -2.40. The van der Waals surface area contributed by atoms with Crippen molar-refractivity contribution in [2.45, 2.75) is 17.4 Å². The smallest absolute Gasteiger partial charge is 0.177 e. The number of methoxy groups -OCH3 is 2. The molecule has 6 atom stereocenters. The van der Waals surface area contributed by atoms with Crippen LogP contribution in [0.2, 0.25) is 5.02 Å². The lowest BCUT2D eigenvalue weighted by Gasteiger charge is -2.36. The van der Waals surface area contributed by atoms with Gasteiger partial charge in [0.15, 0.2) is 25.1 Å². The minimum atomic E-state index is -2.22. The summed E-state index contributed by atoms with van der Waals surface area (Å²) in [7, 11) is -3.13. The molecule has 3 aromatic rings. The molecule has 0 spiro atoms. The molecular formula is C29H41ClN3O7P3. The topological polar surface area (TPSA) is 176 Å². The number of ether oxygens (including phenoxy) is 2. The molecule has 10 nitrogen and oxygen atoms in total. The zero-order valence-corrected chi connectivity index (χ0v) is 27.7. The summed E-state index contributed by atoms with van der Waals surface area (Å²) in [6, 6.07) is 21.8. The van der Waals surface area contributed by atoms with Crippen LogP contribution in [0.15, 0.2) is 72.8 Å². The van der Waals surface area contributed by atoms with Crippen LogP contribution in [0, 0.1) is 0 Å². The van der Waals surface area contributed by atoms with E-state index in [4.69, 9.17) is 47.1 Å². The molecule has 0 amide bonds. The van der Waals surface area contributed by atoms with E-state index < -0.39 is 30.7 Å². The summed E-state index contributed by atoms with van der Waals surface area (Å²) in [5, 5.41) is 0.511. The maximum Gasteiger partial charge on any atom is 0.177 e. The van der Waals surface area contributed by atoms with Gasteiger partial charge in [0.1, 0.15) is 17.1 Å². The van der Waals surface area contributed by atoms with Crippen LogP contribution in [0.1, 0.15) is 28.5 Å². The zero-order valence-electron chi connectivity index (χ0n) is 24.3. The van der Waals surface area contributed by atoms with Crippen molar-refractivity contribution in [3.8, 4) is 11.5 Å². The van der Waals surface area contributed by atoms with Crippen molar-refractivity contribution in [2.24, 2.45) is 17.2 Å². The van der Waals surface area contributed by atoms with Crippen LogP contribution in [-0.2, 0) is 14.4 Å². The van der Waals surface area contributed by atoms with Gasteiger partial charge < -0.3 is 45.9 Å². The van der Waals surface area contributed by atoms with Gasteiger partial charge in [-0.05, 0) is 66.2 Å². The van der Waals surface area contributed by atoms with Crippen molar-refractivity contribution >= 4 is 36.7 Å². The minimum Gasteiger partial charge on any atom is -0.497 e. The SMILES string of the molecule is COc1ccc(C(CN)CP(O)OP(O)CC(CN)(OP(O)CC(CN)c2ccc(OC)cc2)c2ccc(Cl)cc2)cc1. The van der Waals surface area contributed by atoms with Crippen LogP contribution in [0.25, 0.3) is 0 Å². The average Bonchev–Trinajstić information content (AvgIpc) is 3.02. The second kappa shape index (κ2) is 17.9. The molecule has 0 aliphatic rings. The van der Waals surface area contributed by atoms with Gasteiger partial charge >= 0.3 is 0 Å². The van der Waals surface area contributed by atoms with Gasteiger partial charge in [-0.1, -0.05) is 48.0 Å². The Balaban J connectivity index is 1.74. The fourth-order valence-corrected chi connectivity index (χ4v) is 9.14. The first-order valence-electron chi connectivity index (χ1n) is 13.6. The highest BCUT2D eigenvalue weighted by Crippen LogP contribution is 2.55. The first kappa shape index (κ1) is 36.0. The molecule has 0 heterocycles. The van der Waals surface area contributed by atoms with Crippen molar-refractivity contribution in [3.05, 3.63) is 94.5 Å². The Bertz CT molecular complexity index is 1230. The van der Waals surface area contributed by atoms with E-state index in [1.165, 1.54) is 0 Å². The molecule has 0 aromatic heterocycles. The second-order valence-corrected chi connectivity index (χ2v) is 14.3. The number of halogens is 1. The highest BCUT2D eigenvalue weighted by molar-refractivity contribution is 7.59. The quantitative estimate of drug-likeness (QED) is 0.102. The molecule has 0 bridgehead atoms. The standard InChI is InChI=1S/C29H41ClN3O7P3/c1-37-27-11-3-21(4-12-27)23(15-31)17-41(34)39-29(19-33,25-7-9-26(30)10-8-25)20-43(36)40-42(35)18-24(16-32)22-5-13-28(38-2)14-6-22/h3-14,23-24,34-36H,15-20,31-33H2,1-2H3. The third kappa shape index (κ3) is 10.5. The first-order valence-corrected chi connectivity index (χ1v) is 18.1. The van der Waals surface area contributed by atoms with Gasteiger partial charge in [-0.15, -0.1) is 0 Å². The van der Waals surface area contributed by atoms with Gasteiger partial charge in [0.25, 0.3) is 0 Å². The molecule has 236 valence electrons. The van der Waals surface area contributed by atoms with Crippen molar-refractivity contribution < 1.29 is 33.0 Å². The van der Waals surface area contributed by atoms with E-state index in [1.54, 1.807) is 38.5 Å². The first-order chi connectivity index (χ1) is 20.7. The van der Waals surface area contributed by atoms with Gasteiger partial charge in [0.05, 0.1) is 20.4 Å². The lowest BCUT2D eigenvalue weighted by molar-refractivity contribution is 0.0989. The Morgan fingerprint density at radius 1 is 0.698 bits per heavy atom. The Hall–Kier alpha value is -1.48. The molecule has 6 unspecified atom stereocenters. The van der Waals surface area contributed by atoms with Crippen LogP contribution in [0.5, 0.6) is 11.5 Å². The normalized spacial score (nSPS) is 16.5. The van der Waals surface area contributed by atoms with Crippen LogP contribution >= 0.6 is 36.7 Å². The van der Waals surface area contributed by atoms with Gasteiger partial charge in [0.2, 0.25) is 0 Å². The van der Waals surface area contributed by atoms with Gasteiger partial charge in [-0.3, -0.25) is 4.31 Å². The van der Waals surface area contributed by atoms with Crippen LogP contribution in [-0.4, -0.2) is 67.0 Å². The molecule has 0 fully saturated rings. The summed E-state index contributed by atoms with van der Waals surface area (Å²) in [4.78, 5) is 33.1. The molecule has 9 N–H and O–H groups in total. The molecule has 0 radical (unpaired) electrons. The van der Waals surface area contributed by atoms with Crippen molar-refractivity contribution in [1.29, 1.82) is 0 Å². The Morgan fingerprint density at radius 2 is 1.16 bits per heavy atom. The largest absolute Gasteiger partial charge is 0.497 e. The maximum absolute atomic E-state index is 11.2. The summed E-state index contributed by atoms with van der Waals surface area (Å²) >= 11 is 6.13. The Labute approximate surface area is 262 Å². The number of hydrogen-bond donors (Lipinski definition) is 6. The van der Waals surface area contributed by atoms with Crippen LogP contribution in [0.4, 0.5) is 0 Å². The van der Waals surface area contributed by atoms with Crippen molar-refractivity contribution in [3.63, 3.8) is 0 Å². The van der Waals surface area contributed by atoms with Gasteiger partial charge in [-0.25, -0.2) is 0 Å². The monoisotopic (exact) mass is 671 g/mol. The molecule has 0 saturated carbocycles. The third-order valence-corrected chi connectivity index (χ3v) is 11.7. The highest BCUT2D eigenvalue weighted by atomic mass is 35.5. The zero-order chi connectivity index (χ0) is 31.4. The number of nitrogens with two attached hydrogens (primary N) is 3. The van der Waals surface area contributed by atoms with Crippen molar-refractivity contribution in [2.75, 3.05) is 52.3 Å². The fourth-order valence-electron chi connectivity index (χ4n) is 4.54. The minimum absolute atomic E-state index is 0.0762. The van der Waals surface area contributed by atoms with E-state index >= 15 is 0 Å². The van der Waals surface area contributed by atoms with E-state index in [1.807, 2.05) is 48.5 Å². The third-order valence-electron chi connectivity index (χ3n) is 7.06. The predicted octanol–water partition coefficient (Wildman–Crippen LogP) is 4.94. The summed E-state index contributed by atoms with van der Waals surface area (Å²) in [6.07, 6.45) is 0.372. The average molecular weight is 672 g/mol. The number of rotatable bonds is 18. The van der Waals surface area contributed by atoms with E-state index in [0.29, 0.717) is 22.1 Å². The lowest BCUT2D eigenvalue weighted by atomic mass is 9.96. The number of benzene rings is 3. The molecule has 3 rings (SSSR count). The van der Waals surface area contributed by atoms with E-state index in [2.05, 4.69) is 0 Å². The van der Waals surface area contributed by atoms with Crippen molar-refractivity contribution in [1.82, 2.24) is 0 Å². The van der Waals surface area contributed by atoms with E-state index in [0.717, 1.165) is 11.1 Å². The Morgan fingerprint density at radius 3 is 1.58 bits per heavy atom. The molecule has 0 aliphatic heterocycles. The summed E-state index contributed by atoms with van der Waals surface area (Å²) in [5.74, 6) is 1.06. The maximum atomic E-state index is 11.2. The molecular weight excluding hydrogens is 631 g/mol. The molecule has 0 saturated heterocycles. The highest BCUT2D eigenvalue weighted by Gasteiger charge is 2.39. The van der Waals surface area contributed by atoms with Crippen LogP contribution < -0.4 is 26.7 Å². The van der Waals surface area contributed by atoms with E-state index in [-0.39, 0.29) is 50.0 Å². The molecule has 0 aliphatic carbocycles. The van der Waals surface area contributed by atoms with E-state index in [9.17, 15) is 14.7 Å². The van der Waals surface area contributed by atoms with Crippen LogP contribution in [0.3, 0.4) is 0 Å². The molecule has 14 heteroatoms. The Kier molecular flexibility index (Phi) is 15.0. The van der Waals surface area contributed by atoms with Gasteiger partial charge in [0, 0.05) is 35.7 Å². The molecule has 3 aromatic carbocycles. The summed E-state index contributed by atoms with van der Waals surface area (Å²) in [6.45, 7) is 0.490. The van der Waals surface area contributed by atoms with Gasteiger partial charge in [-0.2, -0.15) is 0 Å².